The highest BCUT2D eigenvalue weighted by Crippen LogP contribution is 2.40. The molecule has 172 valence electrons. The number of benzene rings is 2. The number of rotatable bonds is 7. The van der Waals surface area contributed by atoms with Crippen LogP contribution in [0.5, 0.6) is 0 Å². The molecule has 11 heteroatoms. The van der Waals surface area contributed by atoms with Gasteiger partial charge >= 0.3 is 0 Å². The standard InChI is InChI=1S/C22H23FN6O2S2/c1-14-25-26-22-20(24-2)11-15(13-28(14)22)19-12-17(29(27(3)4)33(30)31)7-10-21(19)32-18-8-5-16(23)6-9-18/h5-13,24H,1-4H3,(H,30,31). The normalized spacial score (nSPS) is 12.3. The van der Waals surface area contributed by atoms with E-state index in [1.807, 2.05) is 42.8 Å². The molecular formula is C22H23FN6O2S2. The van der Waals surface area contributed by atoms with Crippen LogP contribution in [0.1, 0.15) is 5.82 Å². The molecule has 0 bridgehead atoms. The number of nitrogens with zero attached hydrogens (tertiary/aromatic N) is 5. The molecular weight excluding hydrogens is 463 g/mol. The van der Waals surface area contributed by atoms with E-state index < -0.39 is 11.3 Å². The van der Waals surface area contributed by atoms with Crippen molar-refractivity contribution in [2.24, 2.45) is 0 Å². The fourth-order valence-corrected chi connectivity index (χ4v) is 5.00. The Hall–Kier alpha value is -2.99. The van der Waals surface area contributed by atoms with Gasteiger partial charge in [0.2, 0.25) is 0 Å². The van der Waals surface area contributed by atoms with Crippen molar-refractivity contribution < 1.29 is 13.2 Å². The molecule has 33 heavy (non-hydrogen) atoms. The van der Waals surface area contributed by atoms with E-state index in [2.05, 4.69) is 15.5 Å². The summed E-state index contributed by atoms with van der Waals surface area (Å²) in [6.07, 6.45) is 1.94. The Kier molecular flexibility index (Phi) is 6.66. The molecule has 4 aromatic rings. The number of hydrogen-bond donors (Lipinski definition) is 2. The number of hydrogen-bond acceptors (Lipinski definition) is 6. The number of hydrazine groups is 1. The molecule has 0 aliphatic heterocycles. The van der Waals surface area contributed by atoms with Crippen molar-refractivity contribution in [3.63, 3.8) is 0 Å². The third-order valence-electron chi connectivity index (χ3n) is 4.99. The van der Waals surface area contributed by atoms with E-state index in [9.17, 15) is 13.2 Å². The van der Waals surface area contributed by atoms with Gasteiger partial charge in [0.05, 0.1) is 11.4 Å². The molecule has 2 heterocycles. The summed E-state index contributed by atoms with van der Waals surface area (Å²) in [5.41, 5.74) is 3.75. The highest BCUT2D eigenvalue weighted by atomic mass is 32.2. The van der Waals surface area contributed by atoms with Crippen LogP contribution in [0, 0.1) is 12.7 Å². The SMILES string of the molecule is CNc1cc(-c2cc(N(N(C)C)S(=O)O)ccc2Sc2ccc(F)cc2)cn2c(C)nnc12. The van der Waals surface area contributed by atoms with Crippen LogP contribution in [-0.4, -0.2) is 49.5 Å². The molecule has 2 aromatic carbocycles. The Morgan fingerprint density at radius 3 is 2.48 bits per heavy atom. The lowest BCUT2D eigenvalue weighted by Gasteiger charge is -2.27. The van der Waals surface area contributed by atoms with Gasteiger partial charge in [-0.25, -0.2) is 13.6 Å². The molecule has 4 rings (SSSR count). The van der Waals surface area contributed by atoms with Crippen LogP contribution in [0.3, 0.4) is 0 Å². The first-order chi connectivity index (χ1) is 15.8. The van der Waals surface area contributed by atoms with Gasteiger partial charge in [-0.1, -0.05) is 11.8 Å². The van der Waals surface area contributed by atoms with Crippen LogP contribution in [-0.2, 0) is 11.3 Å². The zero-order valence-electron chi connectivity index (χ0n) is 18.5. The highest BCUT2D eigenvalue weighted by Gasteiger charge is 2.19. The quantitative estimate of drug-likeness (QED) is 0.295. The molecule has 0 aliphatic rings. The second kappa shape index (κ2) is 9.48. The maximum atomic E-state index is 13.4. The van der Waals surface area contributed by atoms with Gasteiger partial charge in [-0.05, 0) is 61.0 Å². The maximum Gasteiger partial charge on any atom is 0.277 e. The number of halogens is 1. The lowest BCUT2D eigenvalue weighted by atomic mass is 10.1. The van der Waals surface area contributed by atoms with E-state index in [4.69, 9.17) is 0 Å². The maximum absolute atomic E-state index is 13.4. The Labute approximate surface area is 197 Å². The van der Waals surface area contributed by atoms with Crippen LogP contribution in [0.25, 0.3) is 16.8 Å². The predicted molar refractivity (Wildman–Crippen MR) is 130 cm³/mol. The molecule has 0 saturated heterocycles. The summed E-state index contributed by atoms with van der Waals surface area (Å²) in [6, 6.07) is 13.8. The summed E-state index contributed by atoms with van der Waals surface area (Å²) in [7, 11) is 5.21. The average Bonchev–Trinajstić information content (AvgIpc) is 3.16. The Balaban J connectivity index is 1.91. The summed E-state index contributed by atoms with van der Waals surface area (Å²) in [6.45, 7) is 1.87. The van der Waals surface area contributed by atoms with Crippen molar-refractivity contribution >= 4 is 40.1 Å². The summed E-state index contributed by atoms with van der Waals surface area (Å²) in [5.74, 6) is 0.438. The number of nitrogens with one attached hydrogen (secondary N) is 1. The van der Waals surface area contributed by atoms with E-state index in [1.54, 1.807) is 37.3 Å². The number of aromatic nitrogens is 3. The largest absolute Gasteiger partial charge is 0.385 e. The summed E-state index contributed by atoms with van der Waals surface area (Å²) in [4.78, 5) is 1.77. The van der Waals surface area contributed by atoms with Gasteiger partial charge in [0.1, 0.15) is 11.6 Å². The van der Waals surface area contributed by atoms with Gasteiger partial charge in [-0.2, -0.15) is 4.41 Å². The van der Waals surface area contributed by atoms with Gasteiger partial charge in [-0.3, -0.25) is 8.95 Å². The lowest BCUT2D eigenvalue weighted by Crippen LogP contribution is -2.38. The Bertz CT molecular complexity index is 1330. The smallest absolute Gasteiger partial charge is 0.277 e. The lowest BCUT2D eigenvalue weighted by molar-refractivity contribution is 0.417. The number of anilines is 2. The van der Waals surface area contributed by atoms with E-state index >= 15 is 0 Å². The molecule has 0 saturated carbocycles. The number of pyridine rings is 1. The summed E-state index contributed by atoms with van der Waals surface area (Å²) < 4.78 is 38.4. The minimum atomic E-state index is -2.25. The van der Waals surface area contributed by atoms with E-state index in [0.29, 0.717) is 11.3 Å². The van der Waals surface area contributed by atoms with Crippen LogP contribution < -0.4 is 9.73 Å². The first kappa shape index (κ1) is 23.2. The number of fused-ring (bicyclic) bond motifs is 1. The topological polar surface area (TPSA) is 86.0 Å². The molecule has 0 radical (unpaired) electrons. The highest BCUT2D eigenvalue weighted by molar-refractivity contribution is 7.99. The molecule has 0 fully saturated rings. The molecule has 0 spiro atoms. The predicted octanol–water partition coefficient (Wildman–Crippen LogP) is 4.46. The third-order valence-corrected chi connectivity index (χ3v) is 6.91. The second-order valence-electron chi connectivity index (χ2n) is 7.42. The molecule has 1 unspecified atom stereocenters. The van der Waals surface area contributed by atoms with Crippen LogP contribution in [0.15, 0.2) is 64.5 Å². The van der Waals surface area contributed by atoms with Gasteiger partial charge in [-0.15, -0.1) is 10.2 Å². The Morgan fingerprint density at radius 1 is 1.12 bits per heavy atom. The number of aryl methyl sites for hydroxylation is 1. The van der Waals surface area contributed by atoms with E-state index in [0.717, 1.165) is 32.4 Å². The zero-order valence-corrected chi connectivity index (χ0v) is 20.1. The minimum absolute atomic E-state index is 0.297. The van der Waals surface area contributed by atoms with Gasteiger partial charge < -0.3 is 5.32 Å². The van der Waals surface area contributed by atoms with E-state index in [1.165, 1.54) is 28.3 Å². The van der Waals surface area contributed by atoms with Crippen LogP contribution >= 0.6 is 11.8 Å². The average molecular weight is 487 g/mol. The molecule has 0 aliphatic carbocycles. The first-order valence-electron chi connectivity index (χ1n) is 9.98. The zero-order chi connectivity index (χ0) is 23.7. The second-order valence-corrected chi connectivity index (χ2v) is 9.34. The summed E-state index contributed by atoms with van der Waals surface area (Å²) in [5, 5.41) is 13.1. The summed E-state index contributed by atoms with van der Waals surface area (Å²) >= 11 is -0.767. The fraction of sp³-hybridized carbons (Fsp3) is 0.182. The van der Waals surface area contributed by atoms with Crippen molar-refractivity contribution in [1.82, 2.24) is 19.6 Å². The fourth-order valence-electron chi connectivity index (χ4n) is 3.48. The van der Waals surface area contributed by atoms with Crippen molar-refractivity contribution in [2.75, 3.05) is 30.9 Å². The first-order valence-corrected chi connectivity index (χ1v) is 11.9. The van der Waals surface area contributed by atoms with Crippen LogP contribution in [0.4, 0.5) is 15.8 Å². The van der Waals surface area contributed by atoms with Gasteiger partial charge in [0.25, 0.3) is 11.3 Å². The molecule has 0 amide bonds. The Morgan fingerprint density at radius 2 is 1.85 bits per heavy atom. The van der Waals surface area contributed by atoms with Crippen molar-refractivity contribution in [2.45, 2.75) is 16.7 Å². The molecule has 2 aromatic heterocycles. The van der Waals surface area contributed by atoms with Gasteiger partial charge in [0, 0.05) is 42.7 Å². The monoisotopic (exact) mass is 486 g/mol. The van der Waals surface area contributed by atoms with Crippen molar-refractivity contribution in [1.29, 1.82) is 0 Å². The molecule has 1 atom stereocenters. The van der Waals surface area contributed by atoms with E-state index in [-0.39, 0.29) is 5.82 Å². The van der Waals surface area contributed by atoms with Crippen molar-refractivity contribution in [3.8, 4) is 11.1 Å². The third kappa shape index (κ3) is 4.71. The van der Waals surface area contributed by atoms with Gasteiger partial charge in [0.15, 0.2) is 5.65 Å². The minimum Gasteiger partial charge on any atom is -0.385 e. The molecule has 2 N–H and O–H groups in total. The van der Waals surface area contributed by atoms with Crippen molar-refractivity contribution in [3.05, 3.63) is 66.4 Å². The molecule has 8 nitrogen and oxygen atoms in total. The van der Waals surface area contributed by atoms with Crippen LogP contribution in [0.2, 0.25) is 0 Å².